The van der Waals surface area contributed by atoms with Gasteiger partial charge in [-0.3, -0.25) is 0 Å². The zero-order valence-corrected chi connectivity index (χ0v) is 14.9. The van der Waals surface area contributed by atoms with Crippen molar-refractivity contribution in [1.29, 1.82) is 0 Å². The molecule has 1 aromatic carbocycles. The Bertz CT molecular complexity index is 451. The molecule has 0 aliphatic carbocycles. The number of halogens is 2. The van der Waals surface area contributed by atoms with Crippen molar-refractivity contribution in [1.82, 2.24) is 0 Å². The Balaban J connectivity index is 0.00000242. The number of hydrogen-bond acceptors (Lipinski definition) is 4. The van der Waals surface area contributed by atoms with Crippen molar-refractivity contribution in [3.8, 4) is 5.75 Å². The van der Waals surface area contributed by atoms with E-state index in [0.717, 1.165) is 37.3 Å². The fourth-order valence-corrected chi connectivity index (χ4v) is 2.51. The molecule has 2 rings (SSSR count). The maximum absolute atomic E-state index is 11.7. The van der Waals surface area contributed by atoms with E-state index < -0.39 is 0 Å². The standard InChI is InChI=1S/C15H20BrNO4.ClH/c1-12(10-17-6-8-19-9-7-17)21-15(18)11-20-14-4-2-13(16)3-5-14;/h2-5,12H,6-11H2,1H3;1H. The third-order valence-corrected chi connectivity index (χ3v) is 3.81. The molecule has 7 heteroatoms. The lowest BCUT2D eigenvalue weighted by molar-refractivity contribution is -0.910. The third-order valence-electron chi connectivity index (χ3n) is 3.28. The highest BCUT2D eigenvalue weighted by Gasteiger charge is 2.19. The molecule has 1 N–H and O–H groups in total. The number of rotatable bonds is 6. The first-order valence-corrected chi connectivity index (χ1v) is 7.92. The average Bonchev–Trinajstić information content (AvgIpc) is 2.47. The molecule has 1 atom stereocenters. The van der Waals surface area contributed by atoms with Crippen LogP contribution in [0.4, 0.5) is 0 Å². The van der Waals surface area contributed by atoms with Crippen molar-refractivity contribution in [3.05, 3.63) is 28.7 Å². The molecule has 22 heavy (non-hydrogen) atoms. The predicted molar refractivity (Wildman–Crippen MR) is 81.6 cm³/mol. The molecule has 1 aromatic rings. The van der Waals surface area contributed by atoms with Crippen molar-refractivity contribution in [2.45, 2.75) is 13.0 Å². The van der Waals surface area contributed by atoms with Gasteiger partial charge in [-0.25, -0.2) is 4.79 Å². The van der Waals surface area contributed by atoms with Crippen LogP contribution in [-0.4, -0.2) is 51.5 Å². The van der Waals surface area contributed by atoms with E-state index in [1.165, 1.54) is 4.90 Å². The van der Waals surface area contributed by atoms with Gasteiger partial charge in [0.2, 0.25) is 0 Å². The van der Waals surface area contributed by atoms with Gasteiger partial charge < -0.3 is 31.5 Å². The summed E-state index contributed by atoms with van der Waals surface area (Å²) < 4.78 is 17.0. The maximum atomic E-state index is 11.7. The van der Waals surface area contributed by atoms with Crippen LogP contribution in [0.25, 0.3) is 0 Å². The van der Waals surface area contributed by atoms with Crippen LogP contribution in [0.3, 0.4) is 0 Å². The van der Waals surface area contributed by atoms with Gasteiger partial charge in [0.15, 0.2) is 6.61 Å². The van der Waals surface area contributed by atoms with Crippen molar-refractivity contribution < 1.29 is 36.3 Å². The molecule has 1 aliphatic heterocycles. The van der Waals surface area contributed by atoms with Gasteiger partial charge in [0, 0.05) is 4.47 Å². The number of ether oxygens (including phenoxy) is 3. The van der Waals surface area contributed by atoms with Gasteiger partial charge in [-0.2, -0.15) is 0 Å². The molecule has 0 bridgehead atoms. The lowest BCUT2D eigenvalue weighted by atomic mass is 10.3. The van der Waals surface area contributed by atoms with Crippen LogP contribution in [0.2, 0.25) is 0 Å². The quantitative estimate of drug-likeness (QED) is 0.551. The zero-order chi connectivity index (χ0) is 15.1. The van der Waals surface area contributed by atoms with E-state index in [4.69, 9.17) is 14.2 Å². The van der Waals surface area contributed by atoms with Gasteiger partial charge >= 0.3 is 5.97 Å². The van der Waals surface area contributed by atoms with Gasteiger partial charge in [-0.15, -0.1) is 0 Å². The van der Waals surface area contributed by atoms with E-state index in [-0.39, 0.29) is 31.1 Å². The Labute approximate surface area is 145 Å². The number of benzene rings is 1. The number of morpholine rings is 1. The summed E-state index contributed by atoms with van der Waals surface area (Å²) in [6, 6.07) is 7.34. The maximum Gasteiger partial charge on any atom is 0.344 e. The van der Waals surface area contributed by atoms with Crippen LogP contribution in [0, 0.1) is 0 Å². The predicted octanol–water partition coefficient (Wildman–Crippen LogP) is -2.32. The second-order valence-corrected chi connectivity index (χ2v) is 6.03. The molecule has 124 valence electrons. The van der Waals surface area contributed by atoms with Gasteiger partial charge in [-0.1, -0.05) is 15.9 Å². The van der Waals surface area contributed by atoms with E-state index in [0.29, 0.717) is 5.75 Å². The summed E-state index contributed by atoms with van der Waals surface area (Å²) in [6.45, 7) is 6.16. The van der Waals surface area contributed by atoms with Crippen LogP contribution in [-0.2, 0) is 14.3 Å². The Morgan fingerprint density at radius 1 is 1.32 bits per heavy atom. The normalized spacial score (nSPS) is 16.5. The Morgan fingerprint density at radius 3 is 2.59 bits per heavy atom. The molecular weight excluding hydrogens is 374 g/mol. The molecule has 0 aromatic heterocycles. The lowest BCUT2D eigenvalue weighted by Gasteiger charge is -2.26. The zero-order valence-electron chi connectivity index (χ0n) is 12.5. The summed E-state index contributed by atoms with van der Waals surface area (Å²) in [5.74, 6) is 0.319. The summed E-state index contributed by atoms with van der Waals surface area (Å²) in [5, 5.41) is 0. The summed E-state index contributed by atoms with van der Waals surface area (Å²) >= 11 is 3.35. The first-order valence-electron chi connectivity index (χ1n) is 7.12. The van der Waals surface area contributed by atoms with Crippen LogP contribution >= 0.6 is 15.9 Å². The SMILES string of the molecule is CC(C[NH+]1CCOCC1)OC(=O)COc1ccc(Br)cc1.[Cl-]. The van der Waals surface area contributed by atoms with Crippen molar-refractivity contribution >= 4 is 21.9 Å². The van der Waals surface area contributed by atoms with E-state index in [2.05, 4.69) is 15.9 Å². The van der Waals surface area contributed by atoms with E-state index >= 15 is 0 Å². The monoisotopic (exact) mass is 393 g/mol. The molecule has 1 unspecified atom stereocenters. The molecule has 0 radical (unpaired) electrons. The van der Waals surface area contributed by atoms with Crippen molar-refractivity contribution in [2.75, 3.05) is 39.5 Å². The highest BCUT2D eigenvalue weighted by molar-refractivity contribution is 9.10. The molecule has 0 spiro atoms. The van der Waals surface area contributed by atoms with Crippen LogP contribution in [0.5, 0.6) is 5.75 Å². The Hall–Kier alpha value is -0.820. The van der Waals surface area contributed by atoms with E-state index in [1.54, 1.807) is 12.1 Å². The average molecular weight is 395 g/mol. The molecule has 0 amide bonds. The second kappa shape index (κ2) is 10.0. The molecule has 1 saturated heterocycles. The third kappa shape index (κ3) is 6.96. The number of quaternary nitrogens is 1. The number of carbonyl (C=O) groups excluding carboxylic acids is 1. The van der Waals surface area contributed by atoms with Gasteiger partial charge in [-0.05, 0) is 31.2 Å². The van der Waals surface area contributed by atoms with Gasteiger partial charge in [0.1, 0.15) is 31.5 Å². The smallest absolute Gasteiger partial charge is 0.344 e. The first kappa shape index (κ1) is 19.2. The van der Waals surface area contributed by atoms with Crippen LogP contribution in [0.15, 0.2) is 28.7 Å². The number of nitrogens with one attached hydrogen (secondary N) is 1. The second-order valence-electron chi connectivity index (χ2n) is 5.11. The topological polar surface area (TPSA) is 49.2 Å². The summed E-state index contributed by atoms with van der Waals surface area (Å²) in [6.07, 6.45) is -0.112. The minimum atomic E-state index is -0.335. The Morgan fingerprint density at radius 2 is 1.95 bits per heavy atom. The molecular formula is C15H21BrClNO4. The molecule has 1 heterocycles. The first-order chi connectivity index (χ1) is 10.1. The van der Waals surface area contributed by atoms with Crippen molar-refractivity contribution in [3.63, 3.8) is 0 Å². The largest absolute Gasteiger partial charge is 1.00 e. The minimum absolute atomic E-state index is 0. The molecule has 0 saturated carbocycles. The summed E-state index contributed by atoms with van der Waals surface area (Å²) in [7, 11) is 0. The number of esters is 1. The fourth-order valence-electron chi connectivity index (χ4n) is 2.24. The minimum Gasteiger partial charge on any atom is -1.00 e. The summed E-state index contributed by atoms with van der Waals surface area (Å²) in [5.41, 5.74) is 0. The van der Waals surface area contributed by atoms with E-state index in [9.17, 15) is 4.79 Å². The highest BCUT2D eigenvalue weighted by atomic mass is 79.9. The Kier molecular flexibility index (Phi) is 8.78. The van der Waals surface area contributed by atoms with Crippen molar-refractivity contribution in [2.24, 2.45) is 0 Å². The number of hydrogen-bond donors (Lipinski definition) is 1. The van der Waals surface area contributed by atoms with E-state index in [1.807, 2.05) is 19.1 Å². The highest BCUT2D eigenvalue weighted by Crippen LogP contribution is 2.15. The number of carbonyl (C=O) groups is 1. The van der Waals surface area contributed by atoms with Crippen LogP contribution < -0.4 is 22.0 Å². The lowest BCUT2D eigenvalue weighted by Crippen LogP contribution is -3.15. The molecule has 1 aliphatic rings. The van der Waals surface area contributed by atoms with Gasteiger partial charge in [0.25, 0.3) is 0 Å². The van der Waals surface area contributed by atoms with Gasteiger partial charge in [0.05, 0.1) is 13.2 Å². The summed E-state index contributed by atoms with van der Waals surface area (Å²) in [4.78, 5) is 13.2. The van der Waals surface area contributed by atoms with Crippen LogP contribution in [0.1, 0.15) is 6.92 Å². The fraction of sp³-hybridized carbons (Fsp3) is 0.533. The molecule has 1 fully saturated rings. The molecule has 5 nitrogen and oxygen atoms in total.